The average Bonchev–Trinajstić information content (AvgIpc) is 1.52. The Hall–Kier alpha value is -7.28. The van der Waals surface area contributed by atoms with Gasteiger partial charge in [0.2, 0.25) is 0 Å². The Bertz CT molecular complexity index is 4330. The molecule has 2 saturated heterocycles. The second-order valence-corrected chi connectivity index (χ2v) is 28.2. The summed E-state index contributed by atoms with van der Waals surface area (Å²) in [5.74, 6) is 0.584. The fourth-order valence-electron chi connectivity index (χ4n) is 12.1. The number of fused-ring (bicyclic) bond motifs is 4. The molecule has 92 heavy (non-hydrogen) atoms. The molecule has 10 aromatic rings. The van der Waals surface area contributed by atoms with Crippen molar-refractivity contribution in [1.29, 1.82) is 0 Å². The number of piperazine rings is 2. The molecule has 5 aromatic heterocycles. The molecule has 2 aliphatic rings. The lowest BCUT2D eigenvalue weighted by molar-refractivity contribution is -0.179. The monoisotopic (exact) mass is 1330 g/mol. The van der Waals surface area contributed by atoms with Gasteiger partial charge in [0.25, 0.3) is 6.47 Å². The quantitative estimate of drug-likeness (QED) is 0.110. The number of rotatable bonds is 12. The third kappa shape index (κ3) is 14.6. The number of aliphatic carboxylic acids is 1. The van der Waals surface area contributed by atoms with E-state index in [4.69, 9.17) is 67.7 Å². The molecule has 17 nitrogen and oxygen atoms in total. The molecule has 3 atom stereocenters. The number of aryl methyl sites for hydroxylation is 4. The van der Waals surface area contributed by atoms with Crippen LogP contribution in [0, 0.1) is 13.8 Å². The molecule has 12 rings (SSSR count). The molecule has 2 aliphatic heterocycles. The van der Waals surface area contributed by atoms with Gasteiger partial charge in [-0.3, -0.25) is 19.1 Å². The van der Waals surface area contributed by atoms with Crippen molar-refractivity contribution in [3.8, 4) is 43.5 Å². The summed E-state index contributed by atoms with van der Waals surface area (Å²) in [5, 5.41) is 30.7. The third-order valence-electron chi connectivity index (χ3n) is 16.4. The van der Waals surface area contributed by atoms with Gasteiger partial charge in [0, 0.05) is 104 Å². The SMILES string of the molecule is Cc1cc2nc(-c3ccc4c(c3)c(N3CCN(C(C)C(F)(F)F)CC3)nn4C)sc2c(-c2ccc(Cl)cc2)c1[C@H](OC(C)(C)C)C(=O)O.Cc1cc2nc(-c3ccc4c(n3)c(N3CCN(C)CC3)nn4C)sc2c(-c2ccc(Cl)cc2)c1[C@@H](C)OC(C)(C)C.O=CO. The van der Waals surface area contributed by atoms with E-state index in [-0.39, 0.29) is 31.3 Å². The molecule has 1 unspecified atom stereocenters. The Morgan fingerprint density at radius 2 is 1.09 bits per heavy atom. The number of hydrogen-bond donors (Lipinski definition) is 2. The van der Waals surface area contributed by atoms with Crippen LogP contribution in [0.3, 0.4) is 0 Å². The number of alkyl halides is 3. The highest BCUT2D eigenvalue weighted by atomic mass is 35.5. The summed E-state index contributed by atoms with van der Waals surface area (Å²) in [5.41, 5.74) is 12.7. The predicted molar refractivity (Wildman–Crippen MR) is 365 cm³/mol. The number of aromatic nitrogens is 7. The van der Waals surface area contributed by atoms with Crippen LogP contribution in [0.15, 0.2) is 91.0 Å². The smallest absolute Gasteiger partial charge is 0.403 e. The number of carboxylic acids is 1. The van der Waals surface area contributed by atoms with Gasteiger partial charge in [-0.15, -0.1) is 22.7 Å². The largest absolute Gasteiger partial charge is 0.483 e. The van der Waals surface area contributed by atoms with Crippen molar-refractivity contribution in [2.45, 2.75) is 105 Å². The zero-order valence-corrected chi connectivity index (χ0v) is 56.9. The minimum Gasteiger partial charge on any atom is -0.483 e. The van der Waals surface area contributed by atoms with Gasteiger partial charge in [-0.25, -0.2) is 19.7 Å². The van der Waals surface area contributed by atoms with Crippen molar-refractivity contribution in [1.82, 2.24) is 44.3 Å². The van der Waals surface area contributed by atoms with Crippen LogP contribution >= 0.6 is 45.9 Å². The number of thiazole rings is 2. The molecule has 0 radical (unpaired) electrons. The normalized spacial score (nSPS) is 15.6. The van der Waals surface area contributed by atoms with Gasteiger partial charge < -0.3 is 34.4 Å². The van der Waals surface area contributed by atoms with Crippen LogP contribution in [-0.2, 0) is 33.2 Å². The molecule has 0 bridgehead atoms. The first-order valence-corrected chi connectivity index (χ1v) is 32.7. The highest BCUT2D eigenvalue weighted by Gasteiger charge is 2.41. The van der Waals surface area contributed by atoms with E-state index < -0.39 is 29.9 Å². The molecular weight excluding hydrogens is 1260 g/mol. The number of halogens is 5. The number of likely N-dealkylation sites (N-methyl/N-ethyl adjacent to an activating group) is 1. The first-order chi connectivity index (χ1) is 43.4. The number of anilines is 2. The molecule has 2 fully saturated rings. The highest BCUT2D eigenvalue weighted by Crippen LogP contribution is 2.47. The van der Waals surface area contributed by atoms with Crippen LogP contribution in [0.5, 0.6) is 0 Å². The third-order valence-corrected chi connectivity index (χ3v) is 19.2. The van der Waals surface area contributed by atoms with Gasteiger partial charge in [-0.1, -0.05) is 47.5 Å². The van der Waals surface area contributed by atoms with Crippen molar-refractivity contribution in [2.24, 2.45) is 14.1 Å². The van der Waals surface area contributed by atoms with Crippen molar-refractivity contribution >= 4 is 112 Å². The second kappa shape index (κ2) is 27.0. The lowest BCUT2D eigenvalue weighted by Gasteiger charge is -2.38. The summed E-state index contributed by atoms with van der Waals surface area (Å²) >= 11 is 15.7. The van der Waals surface area contributed by atoms with E-state index in [1.165, 1.54) is 28.7 Å². The van der Waals surface area contributed by atoms with Gasteiger partial charge in [-0.05, 0) is 171 Å². The minimum absolute atomic E-state index is 0.105. The van der Waals surface area contributed by atoms with Crippen molar-refractivity contribution < 1.29 is 42.4 Å². The van der Waals surface area contributed by atoms with Crippen LogP contribution in [-0.4, -0.2) is 150 Å². The number of ether oxygens (including phenoxy) is 2. The van der Waals surface area contributed by atoms with E-state index in [0.717, 1.165) is 135 Å². The number of pyridine rings is 1. The van der Waals surface area contributed by atoms with Crippen LogP contribution < -0.4 is 9.80 Å². The molecule has 5 aromatic carbocycles. The van der Waals surface area contributed by atoms with Crippen molar-refractivity contribution in [2.75, 3.05) is 69.2 Å². The summed E-state index contributed by atoms with van der Waals surface area (Å²) in [6.07, 6.45) is -5.60. The lowest BCUT2D eigenvalue weighted by Crippen LogP contribution is -2.53. The van der Waals surface area contributed by atoms with Gasteiger partial charge >= 0.3 is 12.1 Å². The van der Waals surface area contributed by atoms with Crippen molar-refractivity contribution in [3.05, 3.63) is 123 Å². The number of benzene rings is 5. The second-order valence-electron chi connectivity index (χ2n) is 25.4. The first kappa shape index (κ1) is 67.6. The Labute approximate surface area is 550 Å². The molecule has 0 saturated carbocycles. The molecule has 24 heteroatoms. The van der Waals surface area contributed by atoms with E-state index in [0.29, 0.717) is 28.7 Å². The van der Waals surface area contributed by atoms with Crippen molar-refractivity contribution in [3.63, 3.8) is 0 Å². The van der Waals surface area contributed by atoms with Crippen LogP contribution in [0.1, 0.15) is 89.9 Å². The fourth-order valence-corrected chi connectivity index (χ4v) is 14.6. The van der Waals surface area contributed by atoms with E-state index in [9.17, 15) is 23.1 Å². The predicted octanol–water partition coefficient (Wildman–Crippen LogP) is 15.7. The van der Waals surface area contributed by atoms with E-state index >= 15 is 0 Å². The Balaban J connectivity index is 0.000000195. The van der Waals surface area contributed by atoms with Crippen LogP contribution in [0.4, 0.5) is 24.8 Å². The van der Waals surface area contributed by atoms with Gasteiger partial charge in [0.1, 0.15) is 21.6 Å². The molecule has 0 amide bonds. The fraction of sp³-hybridized carbons (Fsp3) is 0.397. The van der Waals surface area contributed by atoms with Gasteiger partial charge in [0.15, 0.2) is 17.7 Å². The zero-order valence-electron chi connectivity index (χ0n) is 53.8. The van der Waals surface area contributed by atoms with Gasteiger partial charge in [-0.2, -0.15) is 23.4 Å². The van der Waals surface area contributed by atoms with Crippen LogP contribution in [0.2, 0.25) is 10.0 Å². The summed E-state index contributed by atoms with van der Waals surface area (Å²) in [6.45, 7) is 24.2. The number of nitrogens with zero attached hydrogens (tertiary/aromatic N) is 11. The maximum atomic E-state index is 13.4. The maximum absolute atomic E-state index is 13.4. The Kier molecular flexibility index (Phi) is 19.8. The molecule has 2 N–H and O–H groups in total. The molecule has 486 valence electrons. The van der Waals surface area contributed by atoms with Crippen LogP contribution in [0.25, 0.3) is 85.9 Å². The summed E-state index contributed by atoms with van der Waals surface area (Å²) in [4.78, 5) is 44.6. The van der Waals surface area contributed by atoms with E-state index in [1.807, 2.05) is 99.9 Å². The van der Waals surface area contributed by atoms with E-state index in [1.54, 1.807) is 28.2 Å². The molecule has 7 heterocycles. The standard InChI is InChI=1S/C35H37ClF3N5O3S.C32H37ClN6OS.CH2O2/c1-19-17-25-30(28(21-7-10-23(36)11-8-21)27(19)29(33(45)46)47-34(3,4)5)48-32(40-25)22-9-12-26-24(18-22)31(41-42(26)6)44-15-13-43(14-16-44)20(2)35(37,38)39;1-19-18-24-29(27(21-8-10-22(33)11-9-21)26(19)20(2)40-32(3,4)5)41-31(35-24)23-12-13-25-28(34-23)30(36-38(25)7)39-16-14-37(6)15-17-39;2-1-3/h7-12,17-18,20,29H,13-16H2,1-6H3,(H,45,46);8-13,18,20H,14-17H2,1-7H3;1H,(H,2,3)/t20?,29-;20-;/m01./s1. The molecule has 0 spiro atoms. The number of hydrogen-bond acceptors (Lipinski definition) is 15. The summed E-state index contributed by atoms with van der Waals surface area (Å²) in [7, 11) is 6.01. The van der Waals surface area contributed by atoms with E-state index in [2.05, 4.69) is 81.8 Å². The first-order valence-electron chi connectivity index (χ1n) is 30.3. The number of carbonyl (C=O) groups is 2. The molecular formula is C68H76Cl2F3N11O6S2. The summed E-state index contributed by atoms with van der Waals surface area (Å²) < 4.78 is 58.4. The number of carboxylic acid groups (broad SMARTS) is 2. The minimum atomic E-state index is -4.27. The van der Waals surface area contributed by atoms with Gasteiger partial charge in [0.05, 0.1) is 54.5 Å². The molecule has 0 aliphatic carbocycles. The maximum Gasteiger partial charge on any atom is 0.403 e. The Morgan fingerprint density at radius 3 is 1.63 bits per heavy atom. The average molecular weight is 1340 g/mol. The topological polar surface area (TPSA) is 180 Å². The lowest BCUT2D eigenvalue weighted by atomic mass is 9.91. The Morgan fingerprint density at radius 1 is 0.620 bits per heavy atom. The zero-order chi connectivity index (χ0) is 66.5. The highest BCUT2D eigenvalue weighted by molar-refractivity contribution is 7.22. The summed E-state index contributed by atoms with van der Waals surface area (Å²) in [6, 6.07) is 28.1.